The molecule has 0 saturated heterocycles. The van der Waals surface area contributed by atoms with Gasteiger partial charge in [0, 0.05) is 5.39 Å². The lowest BCUT2D eigenvalue weighted by Gasteiger charge is -2.18. The van der Waals surface area contributed by atoms with Crippen molar-refractivity contribution in [1.29, 1.82) is 0 Å². The van der Waals surface area contributed by atoms with Gasteiger partial charge in [-0.1, -0.05) is 25.5 Å². The number of furan rings is 1. The first-order valence-corrected chi connectivity index (χ1v) is 9.23. The second-order valence-electron chi connectivity index (χ2n) is 6.31. The molecule has 1 heterocycles. The number of para-hydroxylation sites is 1. The molecule has 0 bridgehead atoms. The van der Waals surface area contributed by atoms with E-state index < -0.39 is 18.0 Å². The fourth-order valence-electron chi connectivity index (χ4n) is 2.96. The Morgan fingerprint density at radius 2 is 1.89 bits per heavy atom. The van der Waals surface area contributed by atoms with Crippen LogP contribution in [0.5, 0.6) is 5.75 Å². The zero-order valence-corrected chi connectivity index (χ0v) is 15.8. The molecule has 6 nitrogen and oxygen atoms in total. The molecule has 28 heavy (non-hydrogen) atoms. The Bertz CT molecular complexity index is 988. The highest BCUT2D eigenvalue weighted by Gasteiger charge is 2.23. The summed E-state index contributed by atoms with van der Waals surface area (Å²) in [6, 6.07) is 13.7. The lowest BCUT2D eigenvalue weighted by Crippen LogP contribution is -2.29. The average Bonchev–Trinajstić information content (AvgIpc) is 3.11. The molecule has 0 amide bonds. The fourth-order valence-corrected chi connectivity index (χ4v) is 2.96. The van der Waals surface area contributed by atoms with Crippen LogP contribution in [-0.2, 0) is 9.53 Å². The van der Waals surface area contributed by atoms with Gasteiger partial charge in [0.05, 0.1) is 17.7 Å². The number of carbonyl (C=O) groups excluding carboxylic acids is 1. The van der Waals surface area contributed by atoms with E-state index in [-0.39, 0.29) is 5.56 Å². The second kappa shape index (κ2) is 8.61. The Morgan fingerprint density at radius 3 is 2.61 bits per heavy atom. The van der Waals surface area contributed by atoms with Gasteiger partial charge in [0.15, 0.2) is 6.10 Å². The van der Waals surface area contributed by atoms with Crippen molar-refractivity contribution in [2.45, 2.75) is 32.8 Å². The number of benzene rings is 2. The first kappa shape index (κ1) is 19.5. The summed E-state index contributed by atoms with van der Waals surface area (Å²) < 4.78 is 17.0. The first-order chi connectivity index (χ1) is 13.5. The molecule has 1 aromatic heterocycles. The molecule has 0 aliphatic carbocycles. The number of carboxylic acid groups (broad SMARTS) is 1. The number of hydrogen-bond donors (Lipinski definition) is 1. The van der Waals surface area contributed by atoms with Gasteiger partial charge < -0.3 is 19.0 Å². The monoisotopic (exact) mass is 382 g/mol. The van der Waals surface area contributed by atoms with Crippen molar-refractivity contribution >= 4 is 22.9 Å². The van der Waals surface area contributed by atoms with Gasteiger partial charge in [-0.15, -0.1) is 0 Å². The summed E-state index contributed by atoms with van der Waals surface area (Å²) >= 11 is 0. The van der Waals surface area contributed by atoms with Crippen LogP contribution in [0.15, 0.2) is 52.9 Å². The summed E-state index contributed by atoms with van der Waals surface area (Å²) in [6.45, 7) is 4.02. The number of ether oxygens (including phenoxy) is 2. The maximum atomic E-state index is 12.2. The smallest absolute Gasteiger partial charge is 0.347 e. The van der Waals surface area contributed by atoms with Gasteiger partial charge in [-0.05, 0) is 49.7 Å². The average molecular weight is 382 g/mol. The number of hydrogen-bond acceptors (Lipinski definition) is 5. The number of carboxylic acids is 1. The number of fused-ring (bicyclic) bond motifs is 1. The van der Waals surface area contributed by atoms with E-state index in [9.17, 15) is 9.59 Å². The van der Waals surface area contributed by atoms with Crippen LogP contribution in [0.3, 0.4) is 0 Å². The van der Waals surface area contributed by atoms with Crippen LogP contribution in [0.2, 0.25) is 0 Å². The highest BCUT2D eigenvalue weighted by Crippen LogP contribution is 2.35. The van der Waals surface area contributed by atoms with Crippen molar-refractivity contribution in [3.05, 3.63) is 54.1 Å². The van der Waals surface area contributed by atoms with Gasteiger partial charge in [0.2, 0.25) is 0 Å². The highest BCUT2D eigenvalue weighted by atomic mass is 16.6. The minimum atomic E-state index is -0.995. The lowest BCUT2D eigenvalue weighted by atomic mass is 10.1. The lowest BCUT2D eigenvalue weighted by molar-refractivity contribution is -0.151. The Kier molecular flexibility index (Phi) is 5.99. The molecular weight excluding hydrogens is 360 g/mol. The molecule has 0 aliphatic rings. The van der Waals surface area contributed by atoms with Crippen LogP contribution in [0.1, 0.15) is 37.0 Å². The number of rotatable bonds is 8. The molecule has 0 fully saturated rings. The molecule has 3 aromatic rings. The van der Waals surface area contributed by atoms with E-state index in [1.807, 2.05) is 25.1 Å². The molecule has 0 spiro atoms. The standard InChI is InChI=1S/C22H22O6/c1-3-7-19(22(25)26-4-2)28-18-9-6-5-8-16(18)20-13-15-12-14(21(23)24)10-11-17(15)27-20/h5-6,8-13,19H,3-4,7H2,1-2H3,(H,23,24). The Labute approximate surface area is 162 Å². The summed E-state index contributed by atoms with van der Waals surface area (Å²) in [7, 11) is 0. The molecule has 0 saturated carbocycles. The predicted octanol–water partition coefficient (Wildman–Crippen LogP) is 4.91. The van der Waals surface area contributed by atoms with E-state index in [1.165, 1.54) is 6.07 Å². The van der Waals surface area contributed by atoms with Crippen LogP contribution in [0.25, 0.3) is 22.3 Å². The van der Waals surface area contributed by atoms with Gasteiger partial charge >= 0.3 is 11.9 Å². The van der Waals surface area contributed by atoms with Gasteiger partial charge in [-0.2, -0.15) is 0 Å². The van der Waals surface area contributed by atoms with E-state index >= 15 is 0 Å². The third kappa shape index (κ3) is 4.17. The molecule has 6 heteroatoms. The molecular formula is C22H22O6. The fraction of sp³-hybridized carbons (Fsp3) is 0.273. The highest BCUT2D eigenvalue weighted by molar-refractivity contribution is 5.94. The minimum absolute atomic E-state index is 0.190. The summed E-state index contributed by atoms with van der Waals surface area (Å²) in [5.74, 6) is -0.348. The molecule has 2 aromatic carbocycles. The van der Waals surface area contributed by atoms with Gasteiger partial charge in [-0.3, -0.25) is 0 Å². The SMILES string of the molecule is CCCC(Oc1ccccc1-c1cc2cc(C(=O)O)ccc2o1)C(=O)OCC. The van der Waals surface area contributed by atoms with Crippen LogP contribution in [0.4, 0.5) is 0 Å². The van der Waals surface area contributed by atoms with Gasteiger partial charge in [-0.25, -0.2) is 9.59 Å². The van der Waals surface area contributed by atoms with Crippen LogP contribution in [-0.4, -0.2) is 29.8 Å². The normalized spacial score (nSPS) is 11.9. The van der Waals surface area contributed by atoms with E-state index in [4.69, 9.17) is 19.0 Å². The summed E-state index contributed by atoms with van der Waals surface area (Å²) in [6.07, 6.45) is 0.609. The van der Waals surface area contributed by atoms with E-state index in [0.717, 1.165) is 6.42 Å². The summed E-state index contributed by atoms with van der Waals surface area (Å²) in [4.78, 5) is 23.4. The molecule has 0 aliphatic heterocycles. The molecule has 0 radical (unpaired) electrons. The van der Waals surface area contributed by atoms with Gasteiger partial charge in [0.25, 0.3) is 0 Å². The number of aromatic carboxylic acids is 1. The van der Waals surface area contributed by atoms with Crippen molar-refractivity contribution in [2.75, 3.05) is 6.61 Å². The largest absolute Gasteiger partial charge is 0.478 e. The summed E-state index contributed by atoms with van der Waals surface area (Å²) in [5, 5.41) is 9.84. The third-order valence-corrected chi connectivity index (χ3v) is 4.29. The van der Waals surface area contributed by atoms with E-state index in [0.29, 0.717) is 41.1 Å². The molecule has 1 atom stereocenters. The third-order valence-electron chi connectivity index (χ3n) is 4.29. The molecule has 146 valence electrons. The first-order valence-electron chi connectivity index (χ1n) is 9.23. The van der Waals surface area contributed by atoms with Crippen molar-refractivity contribution < 1.29 is 28.6 Å². The predicted molar refractivity (Wildman–Crippen MR) is 105 cm³/mol. The minimum Gasteiger partial charge on any atom is -0.478 e. The topological polar surface area (TPSA) is 86.0 Å². The molecule has 1 unspecified atom stereocenters. The summed E-state index contributed by atoms with van der Waals surface area (Å²) in [5.41, 5.74) is 1.45. The maximum absolute atomic E-state index is 12.2. The zero-order valence-electron chi connectivity index (χ0n) is 15.8. The van der Waals surface area contributed by atoms with Crippen LogP contribution >= 0.6 is 0 Å². The van der Waals surface area contributed by atoms with E-state index in [1.54, 1.807) is 31.2 Å². The van der Waals surface area contributed by atoms with E-state index in [2.05, 4.69) is 0 Å². The van der Waals surface area contributed by atoms with Crippen molar-refractivity contribution in [1.82, 2.24) is 0 Å². The number of carbonyl (C=O) groups is 2. The molecule has 3 rings (SSSR count). The Morgan fingerprint density at radius 1 is 1.11 bits per heavy atom. The van der Waals surface area contributed by atoms with Crippen molar-refractivity contribution in [3.63, 3.8) is 0 Å². The van der Waals surface area contributed by atoms with Gasteiger partial charge in [0.1, 0.15) is 17.1 Å². The Balaban J connectivity index is 1.96. The Hall–Kier alpha value is -3.28. The number of esters is 1. The van der Waals surface area contributed by atoms with Crippen LogP contribution in [0, 0.1) is 0 Å². The molecule has 1 N–H and O–H groups in total. The zero-order chi connectivity index (χ0) is 20.1. The maximum Gasteiger partial charge on any atom is 0.347 e. The second-order valence-corrected chi connectivity index (χ2v) is 6.31. The van der Waals surface area contributed by atoms with Crippen molar-refractivity contribution in [2.24, 2.45) is 0 Å². The van der Waals surface area contributed by atoms with Crippen molar-refractivity contribution in [3.8, 4) is 17.1 Å². The van der Waals surface area contributed by atoms with Crippen LogP contribution < -0.4 is 4.74 Å². The quantitative estimate of drug-likeness (QED) is 0.557.